The molecule has 3 rings (SSSR count). The lowest BCUT2D eigenvalue weighted by Crippen LogP contribution is -2.31. The Bertz CT molecular complexity index is 600. The predicted octanol–water partition coefficient (Wildman–Crippen LogP) is 1.43. The first kappa shape index (κ1) is 12.0. The highest BCUT2D eigenvalue weighted by molar-refractivity contribution is 5.92. The third-order valence-corrected chi connectivity index (χ3v) is 3.48. The summed E-state index contributed by atoms with van der Waals surface area (Å²) in [5.74, 6) is 0.858. The van der Waals surface area contributed by atoms with Crippen LogP contribution in [0.2, 0.25) is 0 Å². The number of aromatic nitrogens is 4. The van der Waals surface area contributed by atoms with Crippen LogP contribution in [0.25, 0.3) is 0 Å². The van der Waals surface area contributed by atoms with Gasteiger partial charge in [-0.15, -0.1) is 0 Å². The number of carbonyl (C=O) groups excluding carboxylic acids is 1. The molecule has 1 atom stereocenters. The van der Waals surface area contributed by atoms with Gasteiger partial charge < -0.3 is 9.88 Å². The van der Waals surface area contributed by atoms with E-state index in [0.29, 0.717) is 5.69 Å². The summed E-state index contributed by atoms with van der Waals surface area (Å²) in [7, 11) is 1.81. The molecule has 0 spiro atoms. The van der Waals surface area contributed by atoms with Gasteiger partial charge in [0.2, 0.25) is 0 Å². The van der Waals surface area contributed by atoms with E-state index in [1.165, 1.54) is 0 Å². The molecule has 0 aromatic carbocycles. The van der Waals surface area contributed by atoms with E-state index in [1.807, 2.05) is 18.9 Å². The molecule has 2 aromatic rings. The third-order valence-electron chi connectivity index (χ3n) is 3.48. The second-order valence-corrected chi connectivity index (χ2v) is 4.98. The minimum absolute atomic E-state index is 0.0165. The lowest BCUT2D eigenvalue weighted by atomic mass is 10.2. The molecule has 1 fully saturated rings. The zero-order valence-electron chi connectivity index (χ0n) is 11.1. The van der Waals surface area contributed by atoms with Crippen molar-refractivity contribution in [3.8, 4) is 0 Å². The average Bonchev–Trinajstić information content (AvgIpc) is 3.07. The number of amides is 1. The van der Waals surface area contributed by atoms with Crippen LogP contribution in [-0.4, -0.2) is 37.1 Å². The van der Waals surface area contributed by atoms with E-state index in [9.17, 15) is 4.79 Å². The van der Waals surface area contributed by atoms with E-state index in [-0.39, 0.29) is 11.9 Å². The predicted molar refractivity (Wildman–Crippen MR) is 69.5 cm³/mol. The van der Waals surface area contributed by atoms with Crippen LogP contribution in [0, 0.1) is 6.92 Å². The molecule has 0 radical (unpaired) electrons. The number of likely N-dealkylation sites (tertiary alicyclic amines) is 1. The van der Waals surface area contributed by atoms with Crippen LogP contribution in [0.15, 0.2) is 18.5 Å². The Morgan fingerprint density at radius 2 is 2.37 bits per heavy atom. The van der Waals surface area contributed by atoms with Gasteiger partial charge in [0.05, 0.1) is 6.04 Å². The molecule has 2 aromatic heterocycles. The molecule has 1 saturated heterocycles. The second kappa shape index (κ2) is 4.53. The molecule has 0 saturated carbocycles. The Kier molecular flexibility index (Phi) is 2.85. The zero-order chi connectivity index (χ0) is 13.4. The number of imidazole rings is 1. The Hall–Kier alpha value is -2.11. The van der Waals surface area contributed by atoms with Crippen LogP contribution in [0.3, 0.4) is 0 Å². The molecule has 6 nitrogen and oxygen atoms in total. The average molecular weight is 259 g/mol. The first-order valence-electron chi connectivity index (χ1n) is 6.47. The lowest BCUT2D eigenvalue weighted by molar-refractivity contribution is 0.0723. The normalized spacial score (nSPS) is 19.1. The number of aromatic amines is 1. The van der Waals surface area contributed by atoms with Crippen LogP contribution in [0.5, 0.6) is 0 Å². The molecule has 1 aliphatic heterocycles. The van der Waals surface area contributed by atoms with Gasteiger partial charge in [0.1, 0.15) is 11.5 Å². The Balaban J connectivity index is 1.85. The molecular formula is C13H17N5O. The van der Waals surface area contributed by atoms with Gasteiger partial charge in [0, 0.05) is 31.7 Å². The van der Waals surface area contributed by atoms with Crippen molar-refractivity contribution in [1.29, 1.82) is 0 Å². The van der Waals surface area contributed by atoms with Crippen molar-refractivity contribution < 1.29 is 4.79 Å². The number of nitrogens with one attached hydrogen (secondary N) is 1. The maximum absolute atomic E-state index is 12.5. The molecule has 0 bridgehead atoms. The molecular weight excluding hydrogens is 242 g/mol. The van der Waals surface area contributed by atoms with Gasteiger partial charge in [-0.1, -0.05) is 0 Å². The summed E-state index contributed by atoms with van der Waals surface area (Å²) in [6.45, 7) is 2.73. The highest BCUT2D eigenvalue weighted by Crippen LogP contribution is 2.31. The Labute approximate surface area is 111 Å². The van der Waals surface area contributed by atoms with E-state index in [2.05, 4.69) is 15.1 Å². The molecule has 0 unspecified atom stereocenters. The maximum atomic E-state index is 12.5. The number of hydrogen-bond acceptors (Lipinski definition) is 3. The minimum Gasteiger partial charge on any atom is -0.344 e. The van der Waals surface area contributed by atoms with E-state index in [4.69, 9.17) is 0 Å². The van der Waals surface area contributed by atoms with Gasteiger partial charge in [0.15, 0.2) is 0 Å². The number of H-pyrrole nitrogens is 1. The van der Waals surface area contributed by atoms with Gasteiger partial charge in [-0.05, 0) is 25.8 Å². The standard InChI is InChI=1S/C13H17N5O/c1-9-8-14-12(15-9)11-4-3-6-18(11)13(19)10-5-7-17(2)16-10/h5,7-8,11H,3-4,6H2,1-2H3,(H,14,15)/t11-/m0/s1. The van der Waals surface area contributed by atoms with Crippen LogP contribution in [0.1, 0.15) is 40.9 Å². The monoisotopic (exact) mass is 259 g/mol. The summed E-state index contributed by atoms with van der Waals surface area (Å²) < 4.78 is 1.65. The van der Waals surface area contributed by atoms with Crippen molar-refractivity contribution >= 4 is 5.91 Å². The highest BCUT2D eigenvalue weighted by Gasteiger charge is 2.33. The van der Waals surface area contributed by atoms with E-state index >= 15 is 0 Å². The van der Waals surface area contributed by atoms with Gasteiger partial charge in [-0.25, -0.2) is 4.98 Å². The Morgan fingerprint density at radius 3 is 3.00 bits per heavy atom. The lowest BCUT2D eigenvalue weighted by Gasteiger charge is -2.22. The fraction of sp³-hybridized carbons (Fsp3) is 0.462. The quantitative estimate of drug-likeness (QED) is 0.887. The van der Waals surface area contributed by atoms with Gasteiger partial charge >= 0.3 is 0 Å². The fourth-order valence-corrected chi connectivity index (χ4v) is 2.57. The summed E-state index contributed by atoms with van der Waals surface area (Å²) >= 11 is 0. The van der Waals surface area contributed by atoms with Crippen molar-refractivity contribution in [2.45, 2.75) is 25.8 Å². The molecule has 1 amide bonds. The molecule has 0 aliphatic carbocycles. The number of hydrogen-bond donors (Lipinski definition) is 1. The molecule has 6 heteroatoms. The van der Waals surface area contributed by atoms with Crippen molar-refractivity contribution in [3.63, 3.8) is 0 Å². The number of carbonyl (C=O) groups is 1. The van der Waals surface area contributed by atoms with Gasteiger partial charge in [0.25, 0.3) is 5.91 Å². The first-order chi connectivity index (χ1) is 9.15. The number of rotatable bonds is 2. The van der Waals surface area contributed by atoms with Crippen LogP contribution >= 0.6 is 0 Å². The molecule has 3 heterocycles. The maximum Gasteiger partial charge on any atom is 0.274 e. The van der Waals surface area contributed by atoms with Crippen molar-refractivity contribution in [1.82, 2.24) is 24.6 Å². The van der Waals surface area contributed by atoms with E-state index in [1.54, 1.807) is 23.1 Å². The molecule has 19 heavy (non-hydrogen) atoms. The Morgan fingerprint density at radius 1 is 1.53 bits per heavy atom. The third kappa shape index (κ3) is 2.14. The zero-order valence-corrected chi connectivity index (χ0v) is 11.1. The van der Waals surface area contributed by atoms with Gasteiger partial charge in [-0.3, -0.25) is 9.48 Å². The second-order valence-electron chi connectivity index (χ2n) is 4.98. The van der Waals surface area contributed by atoms with Crippen molar-refractivity contribution in [2.75, 3.05) is 6.54 Å². The molecule has 1 N–H and O–H groups in total. The summed E-state index contributed by atoms with van der Waals surface area (Å²) in [4.78, 5) is 21.9. The topological polar surface area (TPSA) is 66.8 Å². The molecule has 1 aliphatic rings. The fourth-order valence-electron chi connectivity index (χ4n) is 2.57. The van der Waals surface area contributed by atoms with E-state index in [0.717, 1.165) is 30.9 Å². The summed E-state index contributed by atoms with van der Waals surface area (Å²) in [5, 5.41) is 4.18. The van der Waals surface area contributed by atoms with Crippen molar-refractivity contribution in [2.24, 2.45) is 7.05 Å². The summed E-state index contributed by atoms with van der Waals surface area (Å²) in [6, 6.07) is 1.80. The highest BCUT2D eigenvalue weighted by atomic mass is 16.2. The SMILES string of the molecule is Cc1cnc([C@@H]2CCCN2C(=O)c2ccn(C)n2)[nH]1. The first-order valence-corrected chi connectivity index (χ1v) is 6.47. The number of aryl methyl sites for hydroxylation is 2. The summed E-state index contributed by atoms with van der Waals surface area (Å²) in [5.41, 5.74) is 1.52. The van der Waals surface area contributed by atoms with Crippen LogP contribution < -0.4 is 0 Å². The van der Waals surface area contributed by atoms with Crippen LogP contribution in [-0.2, 0) is 7.05 Å². The smallest absolute Gasteiger partial charge is 0.274 e. The largest absolute Gasteiger partial charge is 0.344 e. The molecule has 100 valence electrons. The van der Waals surface area contributed by atoms with Crippen LogP contribution in [0.4, 0.5) is 0 Å². The van der Waals surface area contributed by atoms with E-state index < -0.39 is 0 Å². The number of nitrogens with zero attached hydrogens (tertiary/aromatic N) is 4. The minimum atomic E-state index is -0.0165. The van der Waals surface area contributed by atoms with Crippen molar-refractivity contribution in [3.05, 3.63) is 35.7 Å². The van der Waals surface area contributed by atoms with Gasteiger partial charge in [-0.2, -0.15) is 5.10 Å². The summed E-state index contributed by atoms with van der Waals surface area (Å²) in [6.07, 6.45) is 5.54.